The first-order chi connectivity index (χ1) is 9.74. The van der Waals surface area contributed by atoms with Gasteiger partial charge in [0.15, 0.2) is 0 Å². The van der Waals surface area contributed by atoms with Gasteiger partial charge in [-0.05, 0) is 18.4 Å². The fourth-order valence-corrected chi connectivity index (χ4v) is 2.83. The van der Waals surface area contributed by atoms with Crippen molar-refractivity contribution >= 4 is 21.5 Å². The Kier molecular flexibility index (Phi) is 3.23. The van der Waals surface area contributed by atoms with Gasteiger partial charge < -0.3 is 10.2 Å². The van der Waals surface area contributed by atoms with Crippen molar-refractivity contribution in [2.75, 3.05) is 0 Å². The maximum atomic E-state index is 10.6. The molecule has 3 rings (SSSR count). The lowest BCUT2D eigenvalue weighted by Gasteiger charge is -2.13. The molecule has 0 heterocycles. The Morgan fingerprint density at radius 2 is 1.45 bits per heavy atom. The molecule has 0 unspecified atom stereocenters. The number of benzene rings is 3. The maximum absolute atomic E-state index is 10.6. The van der Waals surface area contributed by atoms with Gasteiger partial charge in [0.1, 0.15) is 11.5 Å². The molecule has 20 heavy (non-hydrogen) atoms. The van der Waals surface area contributed by atoms with Crippen LogP contribution in [0.25, 0.3) is 21.5 Å². The minimum atomic E-state index is 0.256. The Labute approximate surface area is 118 Å². The third-order valence-corrected chi connectivity index (χ3v) is 3.88. The number of aryl methyl sites for hydroxylation is 1. The van der Waals surface area contributed by atoms with Crippen molar-refractivity contribution in [1.82, 2.24) is 0 Å². The molecule has 2 nitrogen and oxygen atoms in total. The lowest BCUT2D eigenvalue weighted by atomic mass is 9.95. The SMILES string of the molecule is CCCCc1cccc2c(O)c3ccccc3c(O)c12. The van der Waals surface area contributed by atoms with E-state index in [1.807, 2.05) is 42.5 Å². The summed E-state index contributed by atoms with van der Waals surface area (Å²) in [5, 5.41) is 24.0. The fourth-order valence-electron chi connectivity index (χ4n) is 2.83. The summed E-state index contributed by atoms with van der Waals surface area (Å²) in [6.07, 6.45) is 3.10. The van der Waals surface area contributed by atoms with Gasteiger partial charge in [0.2, 0.25) is 0 Å². The second kappa shape index (κ2) is 5.04. The summed E-state index contributed by atoms with van der Waals surface area (Å²) < 4.78 is 0. The quantitative estimate of drug-likeness (QED) is 0.530. The number of unbranched alkanes of at least 4 members (excludes halogenated alkanes) is 1. The average molecular weight is 266 g/mol. The van der Waals surface area contributed by atoms with E-state index < -0.39 is 0 Å². The van der Waals surface area contributed by atoms with Crippen LogP contribution in [0.3, 0.4) is 0 Å². The molecule has 102 valence electrons. The number of hydrogen-bond acceptors (Lipinski definition) is 2. The molecule has 0 bridgehead atoms. The third-order valence-electron chi connectivity index (χ3n) is 3.88. The molecular weight excluding hydrogens is 248 g/mol. The smallest absolute Gasteiger partial charge is 0.131 e. The Hall–Kier alpha value is -2.22. The van der Waals surface area contributed by atoms with Crippen LogP contribution in [0, 0.1) is 0 Å². The summed E-state index contributed by atoms with van der Waals surface area (Å²) in [5.41, 5.74) is 1.10. The molecule has 0 saturated heterocycles. The van der Waals surface area contributed by atoms with Crippen LogP contribution >= 0.6 is 0 Å². The van der Waals surface area contributed by atoms with Crippen molar-refractivity contribution < 1.29 is 10.2 Å². The Morgan fingerprint density at radius 3 is 2.15 bits per heavy atom. The van der Waals surface area contributed by atoms with E-state index in [9.17, 15) is 10.2 Å². The number of phenolic OH excluding ortho intramolecular Hbond substituents is 2. The van der Waals surface area contributed by atoms with Crippen LogP contribution in [0.5, 0.6) is 11.5 Å². The van der Waals surface area contributed by atoms with Crippen LogP contribution < -0.4 is 0 Å². The first-order valence-electron chi connectivity index (χ1n) is 7.08. The first kappa shape index (κ1) is 12.8. The second-order valence-electron chi connectivity index (χ2n) is 5.19. The third kappa shape index (κ3) is 1.88. The highest BCUT2D eigenvalue weighted by atomic mass is 16.3. The van der Waals surface area contributed by atoms with Gasteiger partial charge in [-0.1, -0.05) is 55.8 Å². The van der Waals surface area contributed by atoms with Gasteiger partial charge in [-0.2, -0.15) is 0 Å². The van der Waals surface area contributed by atoms with Crippen molar-refractivity contribution in [3.05, 3.63) is 48.0 Å². The lowest BCUT2D eigenvalue weighted by molar-refractivity contribution is 0.478. The largest absolute Gasteiger partial charge is 0.507 e. The van der Waals surface area contributed by atoms with Crippen LogP contribution in [0.1, 0.15) is 25.3 Å². The molecule has 0 spiro atoms. The Balaban J connectivity index is 2.40. The summed E-state index contributed by atoms with van der Waals surface area (Å²) in [6.45, 7) is 2.15. The van der Waals surface area contributed by atoms with E-state index in [1.165, 1.54) is 0 Å². The summed E-state index contributed by atoms with van der Waals surface area (Å²) in [4.78, 5) is 0. The highest BCUT2D eigenvalue weighted by molar-refractivity contribution is 6.11. The molecule has 0 atom stereocenters. The molecular formula is C18H18O2. The minimum Gasteiger partial charge on any atom is -0.507 e. The van der Waals surface area contributed by atoms with Crippen molar-refractivity contribution in [2.45, 2.75) is 26.2 Å². The molecule has 0 aliphatic rings. The van der Waals surface area contributed by atoms with Crippen molar-refractivity contribution in [2.24, 2.45) is 0 Å². The molecule has 3 aromatic carbocycles. The van der Waals surface area contributed by atoms with Gasteiger partial charge in [0.25, 0.3) is 0 Å². The van der Waals surface area contributed by atoms with Gasteiger partial charge in [-0.15, -0.1) is 0 Å². The molecule has 0 fully saturated rings. The highest BCUT2D eigenvalue weighted by Gasteiger charge is 2.14. The van der Waals surface area contributed by atoms with Crippen LogP contribution in [-0.4, -0.2) is 10.2 Å². The zero-order valence-electron chi connectivity index (χ0n) is 11.6. The molecule has 0 amide bonds. The van der Waals surface area contributed by atoms with Crippen LogP contribution in [0.15, 0.2) is 42.5 Å². The molecule has 0 radical (unpaired) electrons. The van der Waals surface area contributed by atoms with Crippen molar-refractivity contribution in [3.8, 4) is 11.5 Å². The zero-order chi connectivity index (χ0) is 14.1. The number of phenols is 2. The molecule has 2 N–H and O–H groups in total. The van der Waals surface area contributed by atoms with E-state index in [-0.39, 0.29) is 11.5 Å². The van der Waals surface area contributed by atoms with E-state index in [0.29, 0.717) is 10.8 Å². The van der Waals surface area contributed by atoms with Crippen molar-refractivity contribution in [1.29, 1.82) is 0 Å². The van der Waals surface area contributed by atoms with E-state index in [2.05, 4.69) is 6.92 Å². The van der Waals surface area contributed by atoms with Gasteiger partial charge in [0, 0.05) is 21.5 Å². The lowest BCUT2D eigenvalue weighted by Crippen LogP contribution is -1.89. The summed E-state index contributed by atoms with van der Waals surface area (Å²) in [5.74, 6) is 0.534. The summed E-state index contributed by atoms with van der Waals surface area (Å²) in [7, 11) is 0. The summed E-state index contributed by atoms with van der Waals surface area (Å²) in [6, 6.07) is 13.3. The van der Waals surface area contributed by atoms with E-state index in [4.69, 9.17) is 0 Å². The fraction of sp³-hybridized carbons (Fsp3) is 0.222. The molecule has 2 heteroatoms. The van der Waals surface area contributed by atoms with E-state index in [0.717, 1.165) is 35.6 Å². The topological polar surface area (TPSA) is 40.5 Å². The van der Waals surface area contributed by atoms with Gasteiger partial charge in [0.05, 0.1) is 0 Å². The molecule has 0 aromatic heterocycles. The molecule has 0 saturated carbocycles. The van der Waals surface area contributed by atoms with E-state index in [1.54, 1.807) is 0 Å². The standard InChI is InChI=1S/C18H18O2/c1-2-3-7-12-8-6-11-15-16(12)18(20)14-10-5-4-9-13(14)17(15)19/h4-6,8-11,19-20H,2-3,7H2,1H3. The molecule has 0 aliphatic heterocycles. The maximum Gasteiger partial charge on any atom is 0.131 e. The Bertz CT molecular complexity index is 775. The number of rotatable bonds is 3. The van der Waals surface area contributed by atoms with E-state index >= 15 is 0 Å². The predicted octanol–water partition coefficient (Wildman–Crippen LogP) is 4.75. The number of aromatic hydroxyl groups is 2. The Morgan fingerprint density at radius 1 is 0.800 bits per heavy atom. The van der Waals surface area contributed by atoms with Gasteiger partial charge in [-0.3, -0.25) is 0 Å². The highest BCUT2D eigenvalue weighted by Crippen LogP contribution is 2.42. The van der Waals surface area contributed by atoms with Crippen LogP contribution in [-0.2, 0) is 6.42 Å². The molecule has 0 aliphatic carbocycles. The predicted molar refractivity (Wildman–Crippen MR) is 83.4 cm³/mol. The van der Waals surface area contributed by atoms with Crippen LogP contribution in [0.4, 0.5) is 0 Å². The molecule has 3 aromatic rings. The monoisotopic (exact) mass is 266 g/mol. The minimum absolute atomic E-state index is 0.256. The van der Waals surface area contributed by atoms with Gasteiger partial charge in [-0.25, -0.2) is 0 Å². The number of hydrogen-bond donors (Lipinski definition) is 2. The van der Waals surface area contributed by atoms with Gasteiger partial charge >= 0.3 is 0 Å². The first-order valence-corrected chi connectivity index (χ1v) is 7.08. The van der Waals surface area contributed by atoms with Crippen molar-refractivity contribution in [3.63, 3.8) is 0 Å². The van der Waals surface area contributed by atoms with Crippen LogP contribution in [0.2, 0.25) is 0 Å². The number of fused-ring (bicyclic) bond motifs is 2. The average Bonchev–Trinajstić information content (AvgIpc) is 2.50. The normalized spacial score (nSPS) is 11.2. The zero-order valence-corrected chi connectivity index (χ0v) is 11.6. The summed E-state index contributed by atoms with van der Waals surface area (Å²) >= 11 is 0. The second-order valence-corrected chi connectivity index (χ2v) is 5.19.